The van der Waals surface area contributed by atoms with Crippen LogP contribution in [0.15, 0.2) is 6.20 Å². The molecule has 5 nitrogen and oxygen atoms in total. The van der Waals surface area contributed by atoms with Crippen LogP contribution in [0.4, 0.5) is 0 Å². The fourth-order valence-electron chi connectivity index (χ4n) is 1.33. The molecule has 0 saturated heterocycles. The van der Waals surface area contributed by atoms with Crippen molar-refractivity contribution in [1.82, 2.24) is 8.96 Å². The van der Waals surface area contributed by atoms with Crippen molar-refractivity contribution in [3.63, 3.8) is 0 Å². The molecule has 0 radical (unpaired) electrons. The van der Waals surface area contributed by atoms with Crippen molar-refractivity contribution in [1.29, 1.82) is 0 Å². The van der Waals surface area contributed by atoms with Crippen molar-refractivity contribution < 1.29 is 13.0 Å². The quantitative estimate of drug-likeness (QED) is 0.623. The zero-order chi connectivity index (χ0) is 12.7. The molecule has 0 atom stereocenters. The van der Waals surface area contributed by atoms with Gasteiger partial charge in [-0.15, -0.1) is 0 Å². The summed E-state index contributed by atoms with van der Waals surface area (Å²) in [6.45, 7) is 9.71. The predicted octanol–water partition coefficient (Wildman–Crippen LogP) is 0.525. The minimum absolute atomic E-state index is 0.381. The van der Waals surface area contributed by atoms with Crippen LogP contribution in [0, 0.1) is 0 Å². The Morgan fingerprint density at radius 3 is 2.12 bits per heavy atom. The Balaban J connectivity index is 3.48. The molecule has 0 aliphatic carbocycles. The van der Waals surface area contributed by atoms with Gasteiger partial charge in [-0.25, -0.2) is 8.96 Å². The summed E-state index contributed by atoms with van der Waals surface area (Å²) in [6, 6.07) is 0. The van der Waals surface area contributed by atoms with Gasteiger partial charge in [-0.3, -0.25) is 4.55 Å². The molecule has 1 N–H and O–H groups in total. The van der Waals surface area contributed by atoms with Gasteiger partial charge in [0.1, 0.15) is 5.82 Å². The summed E-state index contributed by atoms with van der Waals surface area (Å²) >= 11 is 0. The van der Waals surface area contributed by atoms with E-state index in [1.165, 1.54) is 6.20 Å². The molecule has 0 saturated carbocycles. The Bertz CT molecular complexity index is 485. The van der Waals surface area contributed by atoms with Crippen LogP contribution in [0.1, 0.15) is 26.6 Å². The number of rotatable bonds is 2. The number of imidazole rings is 1. The van der Waals surface area contributed by atoms with Gasteiger partial charge in [0.15, 0.2) is 0 Å². The molecule has 0 spiro atoms. The SMILES string of the molecule is C[SiH](C)c1cn(S(=O)(=O)O)c(C(C)(C)C)n1. The Morgan fingerprint density at radius 1 is 1.38 bits per heavy atom. The third-order valence-corrected chi connectivity index (χ3v) is 4.44. The van der Waals surface area contributed by atoms with Gasteiger partial charge >= 0.3 is 10.3 Å². The van der Waals surface area contributed by atoms with E-state index in [0.717, 1.165) is 9.29 Å². The van der Waals surface area contributed by atoms with Gasteiger partial charge < -0.3 is 0 Å². The van der Waals surface area contributed by atoms with E-state index in [4.69, 9.17) is 4.55 Å². The summed E-state index contributed by atoms with van der Waals surface area (Å²) in [6.07, 6.45) is 1.44. The first-order valence-corrected chi connectivity index (χ1v) is 9.39. The van der Waals surface area contributed by atoms with Crippen molar-refractivity contribution in [3.8, 4) is 0 Å². The Labute approximate surface area is 98.0 Å². The topological polar surface area (TPSA) is 72.2 Å². The fraction of sp³-hybridized carbons (Fsp3) is 0.667. The summed E-state index contributed by atoms with van der Waals surface area (Å²) in [5, 5.41) is 0.794. The van der Waals surface area contributed by atoms with E-state index in [0.29, 0.717) is 5.82 Å². The third-order valence-electron chi connectivity index (χ3n) is 2.20. The first-order valence-electron chi connectivity index (χ1n) is 5.11. The molecule has 0 unspecified atom stereocenters. The number of nitrogens with zero attached hydrogens (tertiary/aromatic N) is 2. The summed E-state index contributed by atoms with van der Waals surface area (Å²) in [5.41, 5.74) is -0.419. The molecule has 0 bridgehead atoms. The van der Waals surface area contributed by atoms with E-state index in [2.05, 4.69) is 18.1 Å². The average Bonchev–Trinajstić information content (AvgIpc) is 2.44. The highest BCUT2D eigenvalue weighted by atomic mass is 32.2. The predicted molar refractivity (Wildman–Crippen MR) is 66.4 cm³/mol. The van der Waals surface area contributed by atoms with Crippen molar-refractivity contribution >= 4 is 24.4 Å². The Morgan fingerprint density at radius 2 is 1.88 bits per heavy atom. The van der Waals surface area contributed by atoms with Gasteiger partial charge in [-0.1, -0.05) is 33.9 Å². The van der Waals surface area contributed by atoms with Crippen LogP contribution in [0.3, 0.4) is 0 Å². The van der Waals surface area contributed by atoms with Crippen LogP contribution in [-0.2, 0) is 15.7 Å². The second-order valence-corrected chi connectivity index (χ2v) is 9.36. The highest BCUT2D eigenvalue weighted by Gasteiger charge is 2.27. The zero-order valence-electron chi connectivity index (χ0n) is 10.2. The van der Waals surface area contributed by atoms with Gasteiger partial charge in [0.25, 0.3) is 0 Å². The lowest BCUT2D eigenvalue weighted by atomic mass is 9.96. The molecule has 1 aromatic rings. The lowest BCUT2D eigenvalue weighted by Crippen LogP contribution is -2.25. The normalized spacial score (nSPS) is 13.4. The van der Waals surface area contributed by atoms with Crippen LogP contribution in [-0.4, -0.2) is 30.7 Å². The molecular formula is C9H18N2O3SSi. The molecular weight excluding hydrogens is 244 g/mol. The smallest absolute Gasteiger partial charge is 0.269 e. The van der Waals surface area contributed by atoms with Crippen LogP contribution < -0.4 is 5.32 Å². The van der Waals surface area contributed by atoms with Gasteiger partial charge in [0.05, 0.1) is 8.80 Å². The zero-order valence-corrected chi connectivity index (χ0v) is 12.2. The second-order valence-electron chi connectivity index (χ2n) is 5.17. The molecule has 7 heteroatoms. The van der Waals surface area contributed by atoms with Crippen molar-refractivity contribution in [2.24, 2.45) is 0 Å². The van der Waals surface area contributed by atoms with Crippen LogP contribution in [0.2, 0.25) is 13.1 Å². The fourth-order valence-corrected chi connectivity index (χ4v) is 3.04. The van der Waals surface area contributed by atoms with Crippen LogP contribution in [0.25, 0.3) is 0 Å². The molecule has 1 rings (SSSR count). The Kier molecular flexibility index (Phi) is 3.33. The van der Waals surface area contributed by atoms with E-state index in [9.17, 15) is 8.42 Å². The van der Waals surface area contributed by atoms with Crippen molar-refractivity contribution in [2.75, 3.05) is 0 Å². The summed E-state index contributed by atoms with van der Waals surface area (Å²) in [5.74, 6) is 0.381. The van der Waals surface area contributed by atoms with Crippen LogP contribution in [0.5, 0.6) is 0 Å². The monoisotopic (exact) mass is 262 g/mol. The summed E-state index contributed by atoms with van der Waals surface area (Å²) in [7, 11) is -5.44. The van der Waals surface area contributed by atoms with Gasteiger partial charge in [-0.05, 0) is 0 Å². The highest BCUT2D eigenvalue weighted by molar-refractivity contribution is 7.84. The number of hydrogen-bond donors (Lipinski definition) is 1. The molecule has 0 amide bonds. The summed E-state index contributed by atoms with van der Waals surface area (Å²) < 4.78 is 32.5. The molecule has 0 aliphatic rings. The average molecular weight is 262 g/mol. The van der Waals surface area contributed by atoms with Gasteiger partial charge in [0.2, 0.25) is 0 Å². The largest absolute Gasteiger partial charge is 0.364 e. The van der Waals surface area contributed by atoms with E-state index in [1.807, 2.05) is 20.8 Å². The van der Waals surface area contributed by atoms with Crippen LogP contribution >= 0.6 is 0 Å². The molecule has 0 aromatic carbocycles. The molecule has 1 heterocycles. The molecule has 0 fully saturated rings. The van der Waals surface area contributed by atoms with Crippen molar-refractivity contribution in [2.45, 2.75) is 39.3 Å². The standard InChI is InChI=1S/C9H18N2O3SSi/c1-9(2,3)8-10-7(16(4)5)6-11(8)15(12,13)14/h6,16H,1-5H3,(H,12,13,14). The first-order chi connectivity index (χ1) is 7.03. The van der Waals surface area contributed by atoms with E-state index in [-0.39, 0.29) is 0 Å². The minimum Gasteiger partial charge on any atom is -0.269 e. The van der Waals surface area contributed by atoms with E-state index < -0.39 is 24.5 Å². The molecule has 16 heavy (non-hydrogen) atoms. The van der Waals surface area contributed by atoms with Gasteiger partial charge in [0, 0.05) is 16.9 Å². The number of aromatic nitrogens is 2. The van der Waals surface area contributed by atoms with E-state index >= 15 is 0 Å². The van der Waals surface area contributed by atoms with Gasteiger partial charge in [-0.2, -0.15) is 8.42 Å². The second kappa shape index (κ2) is 3.97. The lowest BCUT2D eigenvalue weighted by Gasteiger charge is -2.17. The highest BCUT2D eigenvalue weighted by Crippen LogP contribution is 2.20. The summed E-state index contributed by atoms with van der Waals surface area (Å²) in [4.78, 5) is 4.33. The minimum atomic E-state index is -4.25. The lowest BCUT2D eigenvalue weighted by molar-refractivity contribution is 0.458. The molecule has 1 aromatic heterocycles. The molecule has 92 valence electrons. The maximum Gasteiger partial charge on any atom is 0.364 e. The first kappa shape index (κ1) is 13.4. The number of hydrogen-bond acceptors (Lipinski definition) is 3. The molecule has 0 aliphatic heterocycles. The van der Waals surface area contributed by atoms with Crippen molar-refractivity contribution in [3.05, 3.63) is 12.0 Å². The Hall–Kier alpha value is -0.663. The maximum atomic E-state index is 11.2. The maximum absolute atomic E-state index is 11.2. The van der Waals surface area contributed by atoms with E-state index in [1.54, 1.807) is 0 Å². The third kappa shape index (κ3) is 2.72.